The number of rotatable bonds is 3. The van der Waals surface area contributed by atoms with Crippen molar-refractivity contribution in [2.24, 2.45) is 0 Å². The third kappa shape index (κ3) is 3.05. The van der Waals surface area contributed by atoms with Crippen molar-refractivity contribution in [3.8, 4) is 0 Å². The van der Waals surface area contributed by atoms with E-state index in [2.05, 4.69) is 66.0 Å². The summed E-state index contributed by atoms with van der Waals surface area (Å²) in [6.07, 6.45) is 3.71. The third-order valence-electron chi connectivity index (χ3n) is 4.11. The average Bonchev–Trinajstić information content (AvgIpc) is 2.50. The fourth-order valence-corrected chi connectivity index (χ4v) is 3.13. The lowest BCUT2D eigenvalue weighted by Crippen LogP contribution is -2.41. The highest BCUT2D eigenvalue weighted by molar-refractivity contribution is 5.24. The molecule has 19 heavy (non-hydrogen) atoms. The molecule has 2 atom stereocenters. The van der Waals surface area contributed by atoms with Gasteiger partial charge in [-0.25, -0.2) is 0 Å². The molecule has 1 aliphatic heterocycles. The molecule has 0 aliphatic carbocycles. The van der Waals surface area contributed by atoms with E-state index >= 15 is 0 Å². The van der Waals surface area contributed by atoms with Gasteiger partial charge in [-0.2, -0.15) is 0 Å². The fourth-order valence-electron chi connectivity index (χ4n) is 3.13. The second-order valence-corrected chi connectivity index (χ2v) is 5.41. The van der Waals surface area contributed by atoms with Crippen molar-refractivity contribution in [2.75, 3.05) is 6.54 Å². The van der Waals surface area contributed by atoms with Crippen LogP contribution in [0.4, 0.5) is 0 Å². The molecule has 0 spiro atoms. The summed E-state index contributed by atoms with van der Waals surface area (Å²) in [6.45, 7) is 1.15. The minimum Gasteiger partial charge on any atom is -0.313 e. The first-order chi connectivity index (χ1) is 9.43. The molecule has 2 aromatic rings. The Hall–Kier alpha value is -1.60. The van der Waals surface area contributed by atoms with Crippen LogP contribution in [0.1, 0.15) is 29.9 Å². The summed E-state index contributed by atoms with van der Waals surface area (Å²) in [4.78, 5) is 0. The van der Waals surface area contributed by atoms with E-state index in [0.29, 0.717) is 12.0 Å². The van der Waals surface area contributed by atoms with Gasteiger partial charge in [-0.15, -0.1) is 0 Å². The van der Waals surface area contributed by atoms with Gasteiger partial charge in [0.15, 0.2) is 0 Å². The number of piperidine rings is 1. The molecule has 1 heteroatoms. The lowest BCUT2D eigenvalue weighted by Gasteiger charge is -2.33. The SMILES string of the molecule is c1ccc(C[C@@H]2NCCC[C@H]2c2ccccc2)cc1. The second kappa shape index (κ2) is 6.03. The van der Waals surface area contributed by atoms with E-state index in [-0.39, 0.29) is 0 Å². The molecule has 0 saturated carbocycles. The molecule has 0 bridgehead atoms. The lowest BCUT2D eigenvalue weighted by atomic mass is 9.82. The van der Waals surface area contributed by atoms with Crippen molar-refractivity contribution < 1.29 is 0 Å². The quantitative estimate of drug-likeness (QED) is 0.875. The molecule has 98 valence electrons. The van der Waals surface area contributed by atoms with E-state index in [1.165, 1.54) is 24.0 Å². The molecule has 0 unspecified atom stereocenters. The maximum absolute atomic E-state index is 3.72. The monoisotopic (exact) mass is 251 g/mol. The summed E-state index contributed by atoms with van der Waals surface area (Å²) in [5, 5.41) is 3.72. The molecule has 2 aromatic carbocycles. The van der Waals surface area contributed by atoms with Gasteiger partial charge in [0.1, 0.15) is 0 Å². The van der Waals surface area contributed by atoms with Gasteiger partial charge in [0.25, 0.3) is 0 Å². The molecule has 0 aromatic heterocycles. The Balaban J connectivity index is 1.78. The first-order valence-electron chi connectivity index (χ1n) is 7.26. The summed E-state index contributed by atoms with van der Waals surface area (Å²) in [5.74, 6) is 0.648. The van der Waals surface area contributed by atoms with Gasteiger partial charge in [-0.1, -0.05) is 60.7 Å². The van der Waals surface area contributed by atoms with E-state index in [0.717, 1.165) is 13.0 Å². The van der Waals surface area contributed by atoms with Crippen molar-refractivity contribution in [3.05, 3.63) is 71.8 Å². The predicted octanol–water partition coefficient (Wildman–Crippen LogP) is 3.76. The largest absolute Gasteiger partial charge is 0.313 e. The van der Waals surface area contributed by atoms with E-state index in [9.17, 15) is 0 Å². The summed E-state index contributed by atoms with van der Waals surface area (Å²) in [6, 6.07) is 22.4. The molecule has 1 N–H and O–H groups in total. The Morgan fingerprint density at radius 1 is 0.895 bits per heavy atom. The number of hydrogen-bond acceptors (Lipinski definition) is 1. The highest BCUT2D eigenvalue weighted by atomic mass is 14.9. The summed E-state index contributed by atoms with van der Waals surface area (Å²) in [5.41, 5.74) is 2.92. The van der Waals surface area contributed by atoms with Crippen molar-refractivity contribution in [1.29, 1.82) is 0 Å². The van der Waals surface area contributed by atoms with Gasteiger partial charge in [0, 0.05) is 6.04 Å². The Kier molecular flexibility index (Phi) is 3.95. The Bertz CT molecular complexity index is 492. The van der Waals surface area contributed by atoms with Crippen LogP contribution < -0.4 is 5.32 Å². The van der Waals surface area contributed by atoms with Crippen LogP contribution in [0.15, 0.2) is 60.7 Å². The average molecular weight is 251 g/mol. The summed E-state index contributed by atoms with van der Waals surface area (Å²) >= 11 is 0. The van der Waals surface area contributed by atoms with E-state index in [4.69, 9.17) is 0 Å². The van der Waals surface area contributed by atoms with Crippen LogP contribution in [0.5, 0.6) is 0 Å². The van der Waals surface area contributed by atoms with Gasteiger partial charge in [-0.05, 0) is 42.9 Å². The molecule has 1 saturated heterocycles. The molecule has 1 nitrogen and oxygen atoms in total. The van der Waals surface area contributed by atoms with Crippen molar-refractivity contribution >= 4 is 0 Å². The van der Waals surface area contributed by atoms with Crippen LogP contribution in [0, 0.1) is 0 Å². The first kappa shape index (κ1) is 12.4. The smallest absolute Gasteiger partial charge is 0.0176 e. The first-order valence-corrected chi connectivity index (χ1v) is 7.26. The molecular formula is C18H21N. The Morgan fingerprint density at radius 2 is 1.58 bits per heavy atom. The molecule has 1 heterocycles. The molecule has 0 radical (unpaired) electrons. The second-order valence-electron chi connectivity index (χ2n) is 5.41. The van der Waals surface area contributed by atoms with Gasteiger partial charge in [0.05, 0.1) is 0 Å². The standard InChI is InChI=1S/C18H21N/c1-3-8-15(9-4-1)14-18-17(12-7-13-19-18)16-10-5-2-6-11-16/h1-6,8-11,17-19H,7,12-14H2/t17-,18-/m0/s1. The number of benzene rings is 2. The van der Waals surface area contributed by atoms with Gasteiger partial charge < -0.3 is 5.32 Å². The van der Waals surface area contributed by atoms with Crippen molar-refractivity contribution in [3.63, 3.8) is 0 Å². The molecular weight excluding hydrogens is 230 g/mol. The van der Waals surface area contributed by atoms with E-state index in [1.54, 1.807) is 0 Å². The summed E-state index contributed by atoms with van der Waals surface area (Å²) < 4.78 is 0. The normalized spacial score (nSPS) is 23.2. The topological polar surface area (TPSA) is 12.0 Å². The molecule has 1 aliphatic rings. The van der Waals surface area contributed by atoms with Crippen LogP contribution >= 0.6 is 0 Å². The van der Waals surface area contributed by atoms with Crippen LogP contribution in [-0.2, 0) is 6.42 Å². The Labute approximate surface area is 115 Å². The fraction of sp³-hybridized carbons (Fsp3) is 0.333. The Morgan fingerprint density at radius 3 is 2.32 bits per heavy atom. The van der Waals surface area contributed by atoms with Gasteiger partial charge in [-0.3, -0.25) is 0 Å². The number of nitrogens with one attached hydrogen (secondary N) is 1. The van der Waals surface area contributed by atoms with Crippen molar-refractivity contribution in [1.82, 2.24) is 5.32 Å². The summed E-state index contributed by atoms with van der Waals surface area (Å²) in [7, 11) is 0. The highest BCUT2D eigenvalue weighted by Crippen LogP contribution is 2.29. The minimum atomic E-state index is 0.568. The zero-order chi connectivity index (χ0) is 12.9. The molecule has 3 rings (SSSR count). The zero-order valence-electron chi connectivity index (χ0n) is 11.3. The maximum atomic E-state index is 3.72. The molecule has 0 amide bonds. The van der Waals surface area contributed by atoms with Gasteiger partial charge in [0.2, 0.25) is 0 Å². The highest BCUT2D eigenvalue weighted by Gasteiger charge is 2.25. The van der Waals surface area contributed by atoms with E-state index < -0.39 is 0 Å². The zero-order valence-corrected chi connectivity index (χ0v) is 11.3. The minimum absolute atomic E-state index is 0.568. The van der Waals surface area contributed by atoms with Crippen molar-refractivity contribution in [2.45, 2.75) is 31.2 Å². The van der Waals surface area contributed by atoms with Gasteiger partial charge >= 0.3 is 0 Å². The van der Waals surface area contributed by atoms with Crippen LogP contribution in [0.3, 0.4) is 0 Å². The lowest BCUT2D eigenvalue weighted by molar-refractivity contribution is 0.348. The van der Waals surface area contributed by atoms with Crippen LogP contribution in [0.2, 0.25) is 0 Å². The predicted molar refractivity (Wildman–Crippen MR) is 80.4 cm³/mol. The third-order valence-corrected chi connectivity index (χ3v) is 4.11. The maximum Gasteiger partial charge on any atom is 0.0176 e. The number of hydrogen-bond donors (Lipinski definition) is 1. The molecule has 1 fully saturated rings. The van der Waals surface area contributed by atoms with Crippen LogP contribution in [0.25, 0.3) is 0 Å². The van der Waals surface area contributed by atoms with Crippen LogP contribution in [-0.4, -0.2) is 12.6 Å². The van der Waals surface area contributed by atoms with E-state index in [1.807, 2.05) is 0 Å².